The van der Waals surface area contributed by atoms with E-state index in [1.54, 1.807) is 12.3 Å². The molecule has 0 aliphatic heterocycles. The van der Waals surface area contributed by atoms with E-state index in [0.29, 0.717) is 60.9 Å². The number of aromatic nitrogens is 1. The molecule has 0 bridgehead atoms. The average Bonchev–Trinajstić information content (AvgIpc) is 2.74. The van der Waals surface area contributed by atoms with E-state index in [1.165, 1.54) is 7.11 Å². The van der Waals surface area contributed by atoms with Gasteiger partial charge >= 0.3 is 12.0 Å². The van der Waals surface area contributed by atoms with Crippen LogP contribution in [0.5, 0.6) is 0 Å². The van der Waals surface area contributed by atoms with Crippen LogP contribution in [0.2, 0.25) is 0 Å². The molecule has 35 heavy (non-hydrogen) atoms. The number of carbonyl (C=O) groups is 2. The molecule has 0 saturated heterocycles. The van der Waals surface area contributed by atoms with Crippen molar-refractivity contribution >= 4 is 29.2 Å². The number of benzene rings is 1. The van der Waals surface area contributed by atoms with Gasteiger partial charge in [-0.05, 0) is 48.4 Å². The largest absolute Gasteiger partial charge is 0.468 e. The van der Waals surface area contributed by atoms with Gasteiger partial charge in [0.1, 0.15) is 11.6 Å². The maximum atomic E-state index is 14.1. The molecule has 1 saturated carbocycles. The number of nitrogens with zero attached hydrogens (tertiary/aromatic N) is 2. The van der Waals surface area contributed by atoms with Gasteiger partial charge in [-0.25, -0.2) is 18.6 Å². The topological polar surface area (TPSA) is 83.6 Å². The van der Waals surface area contributed by atoms with Gasteiger partial charge in [0.05, 0.1) is 23.9 Å². The van der Waals surface area contributed by atoms with Gasteiger partial charge < -0.3 is 20.3 Å². The Bertz CT molecular complexity index is 1060. The van der Waals surface area contributed by atoms with Crippen LogP contribution in [0.1, 0.15) is 52.5 Å². The number of carbonyl (C=O) groups excluding carboxylic acids is 2. The Labute approximate surface area is 205 Å². The Morgan fingerprint density at radius 1 is 1.06 bits per heavy atom. The summed E-state index contributed by atoms with van der Waals surface area (Å²) in [7, 11) is 1.36. The highest BCUT2D eigenvalue weighted by Gasteiger charge is 2.47. The van der Waals surface area contributed by atoms with Crippen molar-refractivity contribution in [3.8, 4) is 0 Å². The molecule has 190 valence electrons. The highest BCUT2D eigenvalue weighted by atomic mass is 19.1. The summed E-state index contributed by atoms with van der Waals surface area (Å²) in [5.74, 6) is -0.725. The number of hydrogen-bond acceptors (Lipinski definition) is 5. The van der Waals surface area contributed by atoms with Gasteiger partial charge in [-0.2, -0.15) is 0 Å². The van der Waals surface area contributed by atoms with Crippen LogP contribution in [0.3, 0.4) is 0 Å². The number of esters is 1. The van der Waals surface area contributed by atoms with Crippen molar-refractivity contribution in [3.63, 3.8) is 0 Å². The Hall–Kier alpha value is -3.23. The molecule has 1 aliphatic carbocycles. The monoisotopic (exact) mass is 488 g/mol. The van der Waals surface area contributed by atoms with Crippen molar-refractivity contribution in [1.82, 2.24) is 4.98 Å². The number of methoxy groups -OCH3 is 1. The molecule has 1 heterocycles. The summed E-state index contributed by atoms with van der Waals surface area (Å²) < 4.78 is 32.4. The summed E-state index contributed by atoms with van der Waals surface area (Å²) in [5, 5.41) is 5.20. The third-order valence-electron chi connectivity index (χ3n) is 6.10. The standard InChI is InChI=1S/C26H34F2N4O3/c1-16(2)14-32(15-17(3)4)23-22(31-25(34)30-21-8-7-19(27)12-20(21)28)11-18(13-29-23)26(9-6-10-26)24(33)35-5/h7-8,11-13,16-17H,6,9-10,14-15H2,1-5H3,(H2,30,31,34). The summed E-state index contributed by atoms with van der Waals surface area (Å²) in [6, 6.07) is 3.98. The van der Waals surface area contributed by atoms with E-state index in [1.807, 2.05) is 0 Å². The normalized spacial score (nSPS) is 14.4. The molecule has 0 radical (unpaired) electrons. The van der Waals surface area contributed by atoms with Gasteiger partial charge in [0.15, 0.2) is 5.82 Å². The first-order valence-corrected chi connectivity index (χ1v) is 11.9. The van der Waals surface area contributed by atoms with Crippen LogP contribution in [-0.2, 0) is 14.9 Å². The SMILES string of the molecule is COC(=O)C1(c2cnc(N(CC(C)C)CC(C)C)c(NC(=O)Nc3ccc(F)cc3F)c2)CCC1. The predicted molar refractivity (Wildman–Crippen MR) is 133 cm³/mol. The first-order valence-electron chi connectivity index (χ1n) is 11.9. The number of pyridine rings is 1. The van der Waals surface area contributed by atoms with E-state index < -0.39 is 23.1 Å². The number of hydrogen-bond donors (Lipinski definition) is 2. The van der Waals surface area contributed by atoms with E-state index in [4.69, 9.17) is 9.72 Å². The van der Waals surface area contributed by atoms with Crippen LogP contribution in [0.25, 0.3) is 0 Å². The van der Waals surface area contributed by atoms with Crippen LogP contribution in [-0.4, -0.2) is 37.2 Å². The number of amides is 2. The molecule has 1 fully saturated rings. The molecule has 9 heteroatoms. The second-order valence-corrected chi connectivity index (χ2v) is 9.92. The van der Waals surface area contributed by atoms with Crippen molar-refractivity contribution in [2.24, 2.45) is 11.8 Å². The van der Waals surface area contributed by atoms with E-state index in [9.17, 15) is 18.4 Å². The number of halogens is 2. The molecule has 1 aliphatic rings. The van der Waals surface area contributed by atoms with Crippen LogP contribution in [0, 0.1) is 23.5 Å². The molecular formula is C26H34F2N4O3. The van der Waals surface area contributed by atoms with E-state index in [2.05, 4.69) is 43.2 Å². The number of ether oxygens (including phenoxy) is 1. The van der Waals surface area contributed by atoms with Crippen LogP contribution in [0.15, 0.2) is 30.5 Å². The first-order chi connectivity index (χ1) is 16.6. The zero-order valence-electron chi connectivity index (χ0n) is 21.0. The quantitative estimate of drug-likeness (QED) is 0.441. The second kappa shape index (κ2) is 11.0. The minimum atomic E-state index is -0.882. The lowest BCUT2D eigenvalue weighted by molar-refractivity contribution is -0.151. The number of anilines is 3. The summed E-state index contributed by atoms with van der Waals surface area (Å²) >= 11 is 0. The fourth-order valence-corrected chi connectivity index (χ4v) is 4.40. The highest BCUT2D eigenvalue weighted by Crippen LogP contribution is 2.46. The molecule has 0 unspecified atom stereocenters. The van der Waals surface area contributed by atoms with Gasteiger partial charge in [0.2, 0.25) is 0 Å². The molecule has 3 rings (SSSR count). The Morgan fingerprint density at radius 3 is 2.20 bits per heavy atom. The van der Waals surface area contributed by atoms with Gasteiger partial charge in [0.25, 0.3) is 0 Å². The summed E-state index contributed by atoms with van der Waals surface area (Å²) in [6.07, 6.45) is 3.84. The van der Waals surface area contributed by atoms with Gasteiger partial charge in [0, 0.05) is 25.4 Å². The molecule has 1 aromatic carbocycles. The highest BCUT2D eigenvalue weighted by molar-refractivity contribution is 6.01. The first kappa shape index (κ1) is 26.4. The number of rotatable bonds is 9. The molecule has 2 N–H and O–H groups in total. The number of urea groups is 1. The summed E-state index contributed by atoms with van der Waals surface area (Å²) in [6.45, 7) is 9.79. The van der Waals surface area contributed by atoms with E-state index >= 15 is 0 Å². The lowest BCUT2D eigenvalue weighted by Crippen LogP contribution is -2.43. The van der Waals surface area contributed by atoms with Crippen molar-refractivity contribution in [1.29, 1.82) is 0 Å². The summed E-state index contributed by atoms with van der Waals surface area (Å²) in [5.41, 5.74) is 0.119. The molecule has 1 aromatic heterocycles. The zero-order valence-corrected chi connectivity index (χ0v) is 21.0. The molecule has 2 aromatic rings. The Kier molecular flexibility index (Phi) is 8.30. The molecule has 7 nitrogen and oxygen atoms in total. The average molecular weight is 489 g/mol. The zero-order chi connectivity index (χ0) is 25.8. The van der Waals surface area contributed by atoms with Crippen molar-refractivity contribution < 1.29 is 23.1 Å². The van der Waals surface area contributed by atoms with Crippen molar-refractivity contribution in [2.45, 2.75) is 52.4 Å². The fourth-order valence-electron chi connectivity index (χ4n) is 4.40. The maximum absolute atomic E-state index is 14.1. The van der Waals surface area contributed by atoms with E-state index in [-0.39, 0.29) is 11.7 Å². The van der Waals surface area contributed by atoms with Gasteiger partial charge in [-0.1, -0.05) is 34.1 Å². The van der Waals surface area contributed by atoms with Crippen LogP contribution in [0.4, 0.5) is 30.8 Å². The van der Waals surface area contributed by atoms with Gasteiger partial charge in [-0.3, -0.25) is 4.79 Å². The minimum Gasteiger partial charge on any atom is -0.468 e. The third-order valence-corrected chi connectivity index (χ3v) is 6.10. The Balaban J connectivity index is 1.99. The molecule has 2 amide bonds. The third kappa shape index (κ3) is 6.07. The lowest BCUT2D eigenvalue weighted by Gasteiger charge is -2.39. The molecule has 0 spiro atoms. The predicted octanol–water partition coefficient (Wildman–Crippen LogP) is 5.72. The number of nitrogens with one attached hydrogen (secondary N) is 2. The van der Waals surface area contributed by atoms with Crippen LogP contribution < -0.4 is 15.5 Å². The fraction of sp³-hybridized carbons (Fsp3) is 0.500. The summed E-state index contributed by atoms with van der Waals surface area (Å²) in [4.78, 5) is 32.3. The minimum absolute atomic E-state index is 0.152. The Morgan fingerprint density at radius 2 is 1.69 bits per heavy atom. The van der Waals surface area contributed by atoms with Gasteiger partial charge in [-0.15, -0.1) is 0 Å². The molecule has 0 atom stereocenters. The molecular weight excluding hydrogens is 454 g/mol. The maximum Gasteiger partial charge on any atom is 0.323 e. The van der Waals surface area contributed by atoms with Crippen molar-refractivity contribution in [2.75, 3.05) is 35.7 Å². The lowest BCUT2D eigenvalue weighted by atomic mass is 9.65. The smallest absolute Gasteiger partial charge is 0.323 e. The van der Waals surface area contributed by atoms with Crippen molar-refractivity contribution in [3.05, 3.63) is 47.7 Å². The van der Waals surface area contributed by atoms with Crippen LogP contribution >= 0.6 is 0 Å². The van der Waals surface area contributed by atoms with E-state index in [0.717, 1.165) is 18.6 Å². The second-order valence-electron chi connectivity index (χ2n) is 9.92.